The summed E-state index contributed by atoms with van der Waals surface area (Å²) in [6.07, 6.45) is 3.08. The quantitative estimate of drug-likeness (QED) is 0.651. The van der Waals surface area contributed by atoms with Gasteiger partial charge in [0.15, 0.2) is 0 Å². The van der Waals surface area contributed by atoms with Crippen LogP contribution in [0.4, 0.5) is 5.69 Å². The Kier molecular flexibility index (Phi) is 6.13. The van der Waals surface area contributed by atoms with E-state index in [0.717, 1.165) is 33.4 Å². The van der Waals surface area contributed by atoms with Gasteiger partial charge in [-0.25, -0.2) is 8.42 Å². The van der Waals surface area contributed by atoms with Crippen molar-refractivity contribution in [3.63, 3.8) is 0 Å². The summed E-state index contributed by atoms with van der Waals surface area (Å²) in [6, 6.07) is 10.9. The van der Waals surface area contributed by atoms with Crippen molar-refractivity contribution in [2.24, 2.45) is 0 Å². The van der Waals surface area contributed by atoms with Gasteiger partial charge in [0, 0.05) is 27.2 Å². The average molecular weight is 490 g/mol. The lowest BCUT2D eigenvalue weighted by Crippen LogP contribution is -2.35. The fourth-order valence-electron chi connectivity index (χ4n) is 2.75. The van der Waals surface area contributed by atoms with Crippen LogP contribution in [0.3, 0.4) is 0 Å². The molecular weight excluding hydrogens is 471 g/mol. The van der Waals surface area contributed by atoms with Crippen molar-refractivity contribution in [2.75, 3.05) is 18.4 Å². The first-order valence-electron chi connectivity index (χ1n) is 8.09. The summed E-state index contributed by atoms with van der Waals surface area (Å²) in [5.41, 5.74) is 0.745. The lowest BCUT2D eigenvalue weighted by atomic mass is 10.2. The Bertz CT molecular complexity index is 858. The van der Waals surface area contributed by atoms with E-state index in [2.05, 4.69) is 27.9 Å². The van der Waals surface area contributed by atoms with Gasteiger partial charge in [-0.3, -0.25) is 4.79 Å². The molecule has 0 radical (unpaired) electrons. The number of amides is 1. The fourth-order valence-corrected chi connectivity index (χ4v) is 6.32. The highest BCUT2D eigenvalue weighted by atomic mass is 127. The van der Waals surface area contributed by atoms with E-state index in [4.69, 9.17) is 0 Å². The van der Waals surface area contributed by atoms with Crippen molar-refractivity contribution in [1.29, 1.82) is 0 Å². The lowest BCUT2D eigenvalue weighted by Gasteiger charge is -2.25. The zero-order valence-corrected chi connectivity index (χ0v) is 17.4. The van der Waals surface area contributed by atoms with E-state index in [1.807, 2.05) is 24.3 Å². The second-order valence-corrected chi connectivity index (χ2v) is 10.5. The van der Waals surface area contributed by atoms with E-state index in [-0.39, 0.29) is 12.3 Å². The Balaban J connectivity index is 1.66. The first kappa shape index (κ1) is 18.8. The third-order valence-corrected chi connectivity index (χ3v) is 8.11. The van der Waals surface area contributed by atoms with Crippen LogP contribution in [-0.4, -0.2) is 31.7 Å². The van der Waals surface area contributed by atoms with Gasteiger partial charge < -0.3 is 5.32 Å². The van der Waals surface area contributed by atoms with E-state index < -0.39 is 10.0 Å². The summed E-state index contributed by atoms with van der Waals surface area (Å²) in [5.74, 6) is -0.147. The van der Waals surface area contributed by atoms with Crippen LogP contribution in [0.15, 0.2) is 40.6 Å². The number of halogens is 1. The molecule has 1 N–H and O–H groups in total. The number of rotatable bonds is 5. The molecule has 3 rings (SSSR count). The monoisotopic (exact) mass is 490 g/mol. The number of nitrogens with zero attached hydrogens (tertiary/aromatic N) is 1. The van der Waals surface area contributed by atoms with E-state index in [0.29, 0.717) is 17.3 Å². The van der Waals surface area contributed by atoms with Gasteiger partial charge in [-0.2, -0.15) is 4.31 Å². The molecule has 0 saturated carbocycles. The van der Waals surface area contributed by atoms with Crippen molar-refractivity contribution in [3.05, 3.63) is 44.8 Å². The van der Waals surface area contributed by atoms with Gasteiger partial charge in [0.05, 0.1) is 6.42 Å². The van der Waals surface area contributed by atoms with Crippen molar-refractivity contribution in [2.45, 2.75) is 29.9 Å². The summed E-state index contributed by atoms with van der Waals surface area (Å²) in [6.45, 7) is 1.17. The molecule has 2 heterocycles. The maximum absolute atomic E-state index is 12.6. The van der Waals surface area contributed by atoms with E-state index in [1.54, 1.807) is 16.4 Å². The second kappa shape index (κ2) is 8.15. The molecule has 5 nitrogen and oxygen atoms in total. The summed E-state index contributed by atoms with van der Waals surface area (Å²) in [5, 5.41) is 2.85. The molecule has 0 unspecified atom stereocenters. The molecule has 8 heteroatoms. The van der Waals surface area contributed by atoms with E-state index in [9.17, 15) is 13.2 Å². The molecule has 1 amide bonds. The normalized spacial score (nSPS) is 15.9. The molecule has 134 valence electrons. The highest BCUT2D eigenvalue weighted by Gasteiger charge is 2.27. The van der Waals surface area contributed by atoms with Crippen molar-refractivity contribution >= 4 is 55.5 Å². The van der Waals surface area contributed by atoms with Gasteiger partial charge in [0.1, 0.15) is 4.21 Å². The van der Waals surface area contributed by atoms with Crippen LogP contribution in [0.25, 0.3) is 0 Å². The zero-order chi connectivity index (χ0) is 17.9. The number of nitrogens with one attached hydrogen (secondary N) is 1. The Morgan fingerprint density at radius 1 is 1.16 bits per heavy atom. The number of carbonyl (C=O) groups is 1. The summed E-state index contributed by atoms with van der Waals surface area (Å²) in [7, 11) is -3.42. The predicted molar refractivity (Wildman–Crippen MR) is 108 cm³/mol. The topological polar surface area (TPSA) is 66.5 Å². The number of benzene rings is 1. The Hall–Kier alpha value is -0.970. The fraction of sp³-hybridized carbons (Fsp3) is 0.353. The SMILES string of the molecule is O=C(Cc1ccc(S(=O)(=O)N2CCCCC2)s1)Nc1cccc(I)c1. The standard InChI is InChI=1S/C17H19IN2O3S2/c18-13-5-4-6-14(11-13)19-16(21)12-15-7-8-17(24-15)25(22,23)20-9-2-1-3-10-20/h4-8,11H,1-3,9-10,12H2,(H,19,21). The molecule has 25 heavy (non-hydrogen) atoms. The van der Waals surface area contributed by atoms with Crippen molar-refractivity contribution < 1.29 is 13.2 Å². The largest absolute Gasteiger partial charge is 0.326 e. The van der Waals surface area contributed by atoms with Gasteiger partial charge in [-0.15, -0.1) is 11.3 Å². The average Bonchev–Trinajstić information content (AvgIpc) is 3.05. The molecule has 0 bridgehead atoms. The number of hydrogen-bond acceptors (Lipinski definition) is 4. The minimum atomic E-state index is -3.42. The Morgan fingerprint density at radius 3 is 2.64 bits per heavy atom. The zero-order valence-electron chi connectivity index (χ0n) is 13.6. The molecule has 1 fully saturated rings. The maximum atomic E-state index is 12.6. The summed E-state index contributed by atoms with van der Waals surface area (Å²) in [4.78, 5) is 12.9. The van der Waals surface area contributed by atoms with Gasteiger partial charge >= 0.3 is 0 Å². The first-order chi connectivity index (χ1) is 11.9. The molecule has 1 saturated heterocycles. The molecule has 0 atom stereocenters. The number of hydrogen-bond donors (Lipinski definition) is 1. The highest BCUT2D eigenvalue weighted by molar-refractivity contribution is 14.1. The van der Waals surface area contributed by atoms with Crippen LogP contribution in [0, 0.1) is 3.57 Å². The number of thiophene rings is 1. The number of sulfonamides is 1. The highest BCUT2D eigenvalue weighted by Crippen LogP contribution is 2.27. The van der Waals surface area contributed by atoms with E-state index in [1.165, 1.54) is 11.3 Å². The van der Waals surface area contributed by atoms with Gasteiger partial charge in [-0.05, 0) is 65.8 Å². The molecule has 0 aliphatic carbocycles. The minimum Gasteiger partial charge on any atom is -0.326 e. The molecule has 1 aliphatic heterocycles. The van der Waals surface area contributed by atoms with E-state index >= 15 is 0 Å². The van der Waals surface area contributed by atoms with Gasteiger partial charge in [-0.1, -0.05) is 12.5 Å². The molecule has 2 aromatic rings. The molecular formula is C17H19IN2O3S2. The van der Waals surface area contributed by atoms with Crippen LogP contribution in [-0.2, 0) is 21.2 Å². The van der Waals surface area contributed by atoms with Crippen molar-refractivity contribution in [3.8, 4) is 0 Å². The van der Waals surface area contributed by atoms with Crippen molar-refractivity contribution in [1.82, 2.24) is 4.31 Å². The summed E-state index contributed by atoms with van der Waals surface area (Å²) < 4.78 is 28.2. The summed E-state index contributed by atoms with van der Waals surface area (Å²) >= 11 is 3.37. The third-order valence-electron chi connectivity index (χ3n) is 3.99. The van der Waals surface area contributed by atoms with Crippen LogP contribution in [0.2, 0.25) is 0 Å². The molecule has 1 aliphatic rings. The Morgan fingerprint density at radius 2 is 1.92 bits per heavy atom. The molecule has 1 aromatic heterocycles. The third kappa shape index (κ3) is 4.81. The molecule has 1 aromatic carbocycles. The van der Waals surface area contributed by atoms with Crippen LogP contribution in [0.1, 0.15) is 24.1 Å². The predicted octanol–water partition coefficient (Wildman–Crippen LogP) is 3.71. The lowest BCUT2D eigenvalue weighted by molar-refractivity contribution is -0.115. The minimum absolute atomic E-state index is 0.147. The first-order valence-corrected chi connectivity index (χ1v) is 11.4. The smallest absolute Gasteiger partial charge is 0.252 e. The number of carbonyl (C=O) groups excluding carboxylic acids is 1. The second-order valence-electron chi connectivity index (χ2n) is 5.92. The van der Waals surface area contributed by atoms with Crippen LogP contribution in [0.5, 0.6) is 0 Å². The van der Waals surface area contributed by atoms with Crippen LogP contribution < -0.4 is 5.32 Å². The maximum Gasteiger partial charge on any atom is 0.252 e. The number of piperidine rings is 1. The molecule has 0 spiro atoms. The number of anilines is 1. The Labute approximate surface area is 165 Å². The van der Waals surface area contributed by atoms with Gasteiger partial charge in [0.2, 0.25) is 5.91 Å². The van der Waals surface area contributed by atoms with Crippen LogP contribution >= 0.6 is 33.9 Å². The van der Waals surface area contributed by atoms with Gasteiger partial charge in [0.25, 0.3) is 10.0 Å².